The Hall–Kier alpha value is -0.940. The summed E-state index contributed by atoms with van der Waals surface area (Å²) in [5.41, 5.74) is 0.908. The van der Waals surface area contributed by atoms with E-state index in [1.165, 1.54) is 11.5 Å². The van der Waals surface area contributed by atoms with E-state index >= 15 is 0 Å². The lowest BCUT2D eigenvalue weighted by Crippen LogP contribution is -1.90. The number of rotatable bonds is 4. The average Bonchev–Trinajstić information content (AvgIpc) is 2.76. The highest BCUT2D eigenvalue weighted by molar-refractivity contribution is 7.98. The number of thioether (sulfide) groups is 1. The van der Waals surface area contributed by atoms with Gasteiger partial charge in [0, 0.05) is 18.4 Å². The van der Waals surface area contributed by atoms with Crippen molar-refractivity contribution in [1.82, 2.24) is 14.3 Å². The Balaban J connectivity index is 2.14. The summed E-state index contributed by atoms with van der Waals surface area (Å²) in [6, 6.07) is 5.82. The van der Waals surface area contributed by atoms with Gasteiger partial charge >= 0.3 is 0 Å². The molecule has 0 aromatic carbocycles. The van der Waals surface area contributed by atoms with Crippen molar-refractivity contribution in [2.45, 2.75) is 6.42 Å². The molecular weight excluding hydrogens is 226 g/mol. The Morgan fingerprint density at radius 2 is 2.33 bits per heavy atom. The van der Waals surface area contributed by atoms with Gasteiger partial charge in [-0.3, -0.25) is 4.98 Å². The average molecular weight is 237 g/mol. The molecule has 0 aliphatic heterocycles. The summed E-state index contributed by atoms with van der Waals surface area (Å²) in [5.74, 6) is 1.99. The highest BCUT2D eigenvalue weighted by Gasteiger charge is 2.06. The van der Waals surface area contributed by atoms with E-state index in [9.17, 15) is 0 Å². The molecule has 78 valence electrons. The summed E-state index contributed by atoms with van der Waals surface area (Å²) in [6.45, 7) is 0. The van der Waals surface area contributed by atoms with E-state index in [1.807, 2.05) is 30.0 Å². The van der Waals surface area contributed by atoms with Crippen molar-refractivity contribution in [2.75, 3.05) is 12.0 Å². The molecule has 0 atom stereocenters. The Morgan fingerprint density at radius 1 is 1.40 bits per heavy atom. The second kappa shape index (κ2) is 5.23. The third-order valence-corrected chi connectivity index (χ3v) is 3.27. The van der Waals surface area contributed by atoms with E-state index in [1.54, 1.807) is 6.20 Å². The van der Waals surface area contributed by atoms with E-state index in [4.69, 9.17) is 0 Å². The van der Waals surface area contributed by atoms with Gasteiger partial charge in [-0.15, -0.1) is 0 Å². The molecule has 0 saturated carbocycles. The van der Waals surface area contributed by atoms with Crippen molar-refractivity contribution in [1.29, 1.82) is 0 Å². The van der Waals surface area contributed by atoms with Crippen molar-refractivity contribution in [3.05, 3.63) is 30.2 Å². The molecular formula is C10H11N3S2. The van der Waals surface area contributed by atoms with E-state index in [2.05, 4.69) is 20.6 Å². The van der Waals surface area contributed by atoms with Gasteiger partial charge in [0.2, 0.25) is 0 Å². The molecule has 2 rings (SSSR count). The molecule has 2 heterocycles. The standard InChI is InChI=1S/C10H11N3S2/c1-14-7-5-9-12-10(15-13-9)8-4-2-3-6-11-8/h2-4,6H,5,7H2,1H3. The highest BCUT2D eigenvalue weighted by Crippen LogP contribution is 2.18. The molecule has 2 aromatic heterocycles. The van der Waals surface area contributed by atoms with E-state index < -0.39 is 0 Å². The van der Waals surface area contributed by atoms with Gasteiger partial charge in [-0.25, -0.2) is 4.98 Å². The minimum atomic E-state index is 0.908. The molecule has 0 aliphatic carbocycles. The monoisotopic (exact) mass is 237 g/mol. The van der Waals surface area contributed by atoms with Crippen LogP contribution in [-0.2, 0) is 6.42 Å². The molecule has 0 saturated heterocycles. The molecule has 0 radical (unpaired) electrons. The Labute approximate surface area is 97.1 Å². The number of aromatic nitrogens is 3. The Bertz CT molecular complexity index is 414. The third kappa shape index (κ3) is 2.76. The molecule has 0 aliphatic rings. The topological polar surface area (TPSA) is 38.7 Å². The molecule has 0 spiro atoms. The van der Waals surface area contributed by atoms with Crippen LogP contribution in [-0.4, -0.2) is 26.4 Å². The quantitative estimate of drug-likeness (QED) is 0.819. The summed E-state index contributed by atoms with van der Waals surface area (Å²) in [7, 11) is 0. The minimum absolute atomic E-state index is 0.908. The molecule has 15 heavy (non-hydrogen) atoms. The Kier molecular flexibility index (Phi) is 3.69. The van der Waals surface area contributed by atoms with Crippen LogP contribution in [0.2, 0.25) is 0 Å². The first-order valence-electron chi connectivity index (χ1n) is 4.63. The molecule has 0 fully saturated rings. The van der Waals surface area contributed by atoms with Crippen LogP contribution < -0.4 is 0 Å². The number of nitrogens with zero attached hydrogens (tertiary/aromatic N) is 3. The second-order valence-corrected chi connectivity index (χ2v) is 4.71. The van der Waals surface area contributed by atoms with Gasteiger partial charge in [0.1, 0.15) is 11.5 Å². The van der Waals surface area contributed by atoms with Gasteiger partial charge in [0.15, 0.2) is 5.01 Å². The van der Waals surface area contributed by atoms with Crippen LogP contribution in [0, 0.1) is 0 Å². The van der Waals surface area contributed by atoms with Crippen molar-refractivity contribution in [3.63, 3.8) is 0 Å². The number of hydrogen-bond acceptors (Lipinski definition) is 5. The van der Waals surface area contributed by atoms with Crippen LogP contribution in [0.5, 0.6) is 0 Å². The first kappa shape index (κ1) is 10.6. The molecule has 5 heteroatoms. The summed E-state index contributed by atoms with van der Waals surface area (Å²) >= 11 is 3.23. The molecule has 0 bridgehead atoms. The van der Waals surface area contributed by atoms with Crippen molar-refractivity contribution >= 4 is 23.3 Å². The normalized spacial score (nSPS) is 10.5. The molecule has 2 aromatic rings. The third-order valence-electron chi connectivity index (χ3n) is 1.88. The maximum Gasteiger partial charge on any atom is 0.162 e. The number of aryl methyl sites for hydroxylation is 1. The highest BCUT2D eigenvalue weighted by atomic mass is 32.2. The summed E-state index contributed by atoms with van der Waals surface area (Å²) in [6.07, 6.45) is 4.80. The SMILES string of the molecule is CSCCc1nsc(-c2ccccn2)n1. The number of hydrogen-bond donors (Lipinski definition) is 0. The lowest BCUT2D eigenvalue weighted by Gasteiger charge is -1.92. The van der Waals surface area contributed by atoms with Gasteiger partial charge in [-0.05, 0) is 29.9 Å². The molecule has 0 unspecified atom stereocenters. The van der Waals surface area contributed by atoms with E-state index in [0.717, 1.165) is 28.7 Å². The van der Waals surface area contributed by atoms with Crippen molar-refractivity contribution in [2.24, 2.45) is 0 Å². The lowest BCUT2D eigenvalue weighted by atomic mass is 10.4. The Morgan fingerprint density at radius 3 is 3.07 bits per heavy atom. The number of pyridine rings is 1. The molecule has 0 N–H and O–H groups in total. The van der Waals surface area contributed by atoms with Crippen LogP contribution in [0.25, 0.3) is 10.7 Å². The first-order chi connectivity index (χ1) is 7.40. The van der Waals surface area contributed by atoms with Gasteiger partial charge in [0.05, 0.1) is 0 Å². The zero-order chi connectivity index (χ0) is 10.5. The second-order valence-electron chi connectivity index (χ2n) is 2.97. The predicted octanol–water partition coefficient (Wildman–Crippen LogP) is 2.51. The smallest absolute Gasteiger partial charge is 0.162 e. The fourth-order valence-electron chi connectivity index (χ4n) is 1.14. The van der Waals surface area contributed by atoms with E-state index in [-0.39, 0.29) is 0 Å². The van der Waals surface area contributed by atoms with Crippen LogP contribution >= 0.6 is 23.3 Å². The van der Waals surface area contributed by atoms with Gasteiger partial charge < -0.3 is 0 Å². The molecule has 0 amide bonds. The summed E-state index contributed by atoms with van der Waals surface area (Å²) in [5, 5.41) is 0.909. The van der Waals surface area contributed by atoms with Crippen LogP contribution in [0.1, 0.15) is 5.82 Å². The first-order valence-corrected chi connectivity index (χ1v) is 6.80. The largest absolute Gasteiger partial charge is 0.254 e. The van der Waals surface area contributed by atoms with E-state index in [0.29, 0.717) is 0 Å². The van der Waals surface area contributed by atoms with Gasteiger partial charge in [0.25, 0.3) is 0 Å². The zero-order valence-electron chi connectivity index (χ0n) is 8.38. The van der Waals surface area contributed by atoms with Crippen molar-refractivity contribution in [3.8, 4) is 10.7 Å². The lowest BCUT2D eigenvalue weighted by molar-refractivity contribution is 1.01. The van der Waals surface area contributed by atoms with Gasteiger partial charge in [-0.1, -0.05) is 6.07 Å². The van der Waals surface area contributed by atoms with Crippen LogP contribution in [0.4, 0.5) is 0 Å². The molecule has 3 nitrogen and oxygen atoms in total. The maximum atomic E-state index is 4.45. The van der Waals surface area contributed by atoms with Gasteiger partial charge in [-0.2, -0.15) is 16.1 Å². The summed E-state index contributed by atoms with van der Waals surface area (Å²) in [4.78, 5) is 8.69. The van der Waals surface area contributed by atoms with Crippen molar-refractivity contribution < 1.29 is 0 Å². The summed E-state index contributed by atoms with van der Waals surface area (Å²) < 4.78 is 4.31. The maximum absolute atomic E-state index is 4.45. The predicted molar refractivity (Wildman–Crippen MR) is 65.2 cm³/mol. The minimum Gasteiger partial charge on any atom is -0.254 e. The van der Waals surface area contributed by atoms with Crippen LogP contribution in [0.3, 0.4) is 0 Å². The van der Waals surface area contributed by atoms with Crippen LogP contribution in [0.15, 0.2) is 24.4 Å². The zero-order valence-corrected chi connectivity index (χ0v) is 10.0. The fourth-order valence-corrected chi connectivity index (χ4v) is 2.21. The fraction of sp³-hybridized carbons (Fsp3) is 0.300.